The number of rotatable bonds is 4. The predicted molar refractivity (Wildman–Crippen MR) is 79.5 cm³/mol. The molecule has 1 amide bonds. The maximum absolute atomic E-state index is 11.2. The van der Waals surface area contributed by atoms with Crippen molar-refractivity contribution in [2.45, 2.75) is 25.9 Å². The van der Waals surface area contributed by atoms with E-state index in [1.54, 1.807) is 0 Å². The van der Waals surface area contributed by atoms with Crippen LogP contribution in [-0.4, -0.2) is 41.7 Å². The highest BCUT2D eigenvalue weighted by molar-refractivity contribution is 6.31. The molecule has 0 radical (unpaired) electrons. The Morgan fingerprint density at radius 3 is 2.90 bits per heavy atom. The van der Waals surface area contributed by atoms with E-state index in [0.29, 0.717) is 0 Å². The molecule has 20 heavy (non-hydrogen) atoms. The molecule has 0 spiro atoms. The predicted octanol–water partition coefficient (Wildman–Crippen LogP) is 1.66. The molecule has 4 nitrogen and oxygen atoms in total. The van der Waals surface area contributed by atoms with Gasteiger partial charge in [0, 0.05) is 50.1 Å². The monoisotopic (exact) mass is 296 g/mol. The van der Waals surface area contributed by atoms with Crippen LogP contribution in [0.5, 0.6) is 0 Å². The van der Waals surface area contributed by atoms with Crippen LogP contribution in [0.25, 0.3) is 0 Å². The van der Waals surface area contributed by atoms with Gasteiger partial charge in [0.15, 0.2) is 0 Å². The van der Waals surface area contributed by atoms with Gasteiger partial charge in [-0.05, 0) is 18.1 Å². The minimum Gasteiger partial charge on any atom is -0.396 e. The first-order valence-electron chi connectivity index (χ1n) is 6.94. The third-order valence-corrected chi connectivity index (χ3v) is 4.16. The van der Waals surface area contributed by atoms with Crippen LogP contribution in [-0.2, 0) is 11.3 Å². The highest BCUT2D eigenvalue weighted by Crippen LogP contribution is 2.22. The standard InChI is InChI=1S/C15H21ClN2O2/c1-11(20)17-15-6-7-18(9-13(15)10-19)8-12-4-2-3-5-14(12)16/h2-5,13,15,19H,6-10H2,1H3,(H,17,20). The first-order chi connectivity index (χ1) is 9.60. The molecule has 1 aromatic rings. The molecule has 1 fully saturated rings. The second kappa shape index (κ2) is 7.07. The molecule has 1 heterocycles. The first kappa shape index (κ1) is 15.3. The molecule has 0 saturated carbocycles. The zero-order valence-corrected chi connectivity index (χ0v) is 12.4. The summed E-state index contributed by atoms with van der Waals surface area (Å²) in [5.74, 6) is 0.0446. The van der Waals surface area contributed by atoms with Crippen molar-refractivity contribution in [1.82, 2.24) is 10.2 Å². The summed E-state index contributed by atoms with van der Waals surface area (Å²) in [5, 5.41) is 13.2. The van der Waals surface area contributed by atoms with E-state index >= 15 is 0 Å². The van der Waals surface area contributed by atoms with E-state index in [4.69, 9.17) is 11.6 Å². The zero-order valence-electron chi connectivity index (χ0n) is 11.7. The summed E-state index contributed by atoms with van der Waals surface area (Å²) in [4.78, 5) is 13.4. The summed E-state index contributed by atoms with van der Waals surface area (Å²) < 4.78 is 0. The Hall–Kier alpha value is -1.10. The lowest BCUT2D eigenvalue weighted by molar-refractivity contribution is -0.120. The Morgan fingerprint density at radius 2 is 2.25 bits per heavy atom. The van der Waals surface area contributed by atoms with Crippen LogP contribution < -0.4 is 5.32 Å². The smallest absolute Gasteiger partial charge is 0.217 e. The number of aliphatic hydroxyl groups excluding tert-OH is 1. The number of benzene rings is 1. The largest absolute Gasteiger partial charge is 0.396 e. The molecule has 5 heteroatoms. The van der Waals surface area contributed by atoms with Crippen molar-refractivity contribution >= 4 is 17.5 Å². The number of likely N-dealkylation sites (tertiary alicyclic amines) is 1. The lowest BCUT2D eigenvalue weighted by Crippen LogP contribution is -2.51. The van der Waals surface area contributed by atoms with Gasteiger partial charge >= 0.3 is 0 Å². The van der Waals surface area contributed by atoms with Gasteiger partial charge in [-0.2, -0.15) is 0 Å². The number of hydrogen-bond acceptors (Lipinski definition) is 3. The quantitative estimate of drug-likeness (QED) is 0.888. The second-order valence-corrected chi connectivity index (χ2v) is 5.77. The summed E-state index contributed by atoms with van der Waals surface area (Å²) in [6.45, 7) is 4.05. The lowest BCUT2D eigenvalue weighted by Gasteiger charge is -2.38. The Balaban J connectivity index is 1.96. The van der Waals surface area contributed by atoms with Crippen molar-refractivity contribution in [1.29, 1.82) is 0 Å². The summed E-state index contributed by atoms with van der Waals surface area (Å²) in [7, 11) is 0. The Bertz CT molecular complexity index is 467. The number of aliphatic hydroxyl groups is 1. The van der Waals surface area contributed by atoms with Gasteiger partial charge in [-0.15, -0.1) is 0 Å². The van der Waals surface area contributed by atoms with Gasteiger partial charge in [0.25, 0.3) is 0 Å². The molecule has 0 aliphatic carbocycles. The molecule has 1 saturated heterocycles. The highest BCUT2D eigenvalue weighted by atomic mass is 35.5. The van der Waals surface area contributed by atoms with Crippen LogP contribution in [0.15, 0.2) is 24.3 Å². The van der Waals surface area contributed by atoms with Crippen LogP contribution >= 0.6 is 11.6 Å². The minimum absolute atomic E-state index is 0.0343. The van der Waals surface area contributed by atoms with Gasteiger partial charge < -0.3 is 10.4 Å². The maximum atomic E-state index is 11.2. The molecule has 0 bridgehead atoms. The van der Waals surface area contributed by atoms with Crippen molar-refractivity contribution in [2.75, 3.05) is 19.7 Å². The number of carbonyl (C=O) groups excluding carboxylic acids is 1. The van der Waals surface area contributed by atoms with Crippen LogP contribution in [0.4, 0.5) is 0 Å². The second-order valence-electron chi connectivity index (χ2n) is 5.36. The van der Waals surface area contributed by atoms with Gasteiger partial charge in [-0.25, -0.2) is 0 Å². The summed E-state index contributed by atoms with van der Waals surface area (Å²) in [6.07, 6.45) is 0.856. The summed E-state index contributed by atoms with van der Waals surface area (Å²) >= 11 is 6.18. The van der Waals surface area contributed by atoms with Gasteiger partial charge in [-0.3, -0.25) is 9.69 Å². The molecule has 1 aromatic carbocycles. The topological polar surface area (TPSA) is 52.6 Å². The number of hydrogen-bond donors (Lipinski definition) is 2. The van der Waals surface area contributed by atoms with E-state index in [2.05, 4.69) is 10.2 Å². The van der Waals surface area contributed by atoms with Gasteiger partial charge in [-0.1, -0.05) is 29.8 Å². The minimum atomic E-state index is -0.0343. The fraction of sp³-hybridized carbons (Fsp3) is 0.533. The number of amides is 1. The fourth-order valence-electron chi connectivity index (χ4n) is 2.75. The third-order valence-electron chi connectivity index (χ3n) is 3.79. The number of piperidine rings is 1. The van der Waals surface area contributed by atoms with E-state index in [9.17, 15) is 9.90 Å². The van der Waals surface area contributed by atoms with Crippen molar-refractivity contribution < 1.29 is 9.90 Å². The number of carbonyl (C=O) groups is 1. The zero-order chi connectivity index (χ0) is 14.5. The van der Waals surface area contributed by atoms with Gasteiger partial charge in [0.05, 0.1) is 0 Å². The van der Waals surface area contributed by atoms with Gasteiger partial charge in [0.1, 0.15) is 0 Å². The van der Waals surface area contributed by atoms with Crippen molar-refractivity contribution in [3.63, 3.8) is 0 Å². The van der Waals surface area contributed by atoms with Crippen LogP contribution in [0, 0.1) is 5.92 Å². The highest BCUT2D eigenvalue weighted by Gasteiger charge is 2.29. The molecule has 2 atom stereocenters. The molecule has 2 N–H and O–H groups in total. The van der Waals surface area contributed by atoms with E-state index in [-0.39, 0.29) is 24.5 Å². The fourth-order valence-corrected chi connectivity index (χ4v) is 2.95. The summed E-state index contributed by atoms with van der Waals surface area (Å²) in [5.41, 5.74) is 1.10. The normalized spacial score (nSPS) is 23.6. The van der Waals surface area contributed by atoms with Crippen molar-refractivity contribution in [3.05, 3.63) is 34.9 Å². The van der Waals surface area contributed by atoms with Crippen LogP contribution in [0.3, 0.4) is 0 Å². The van der Waals surface area contributed by atoms with E-state index < -0.39 is 0 Å². The molecule has 2 unspecified atom stereocenters. The molecule has 110 valence electrons. The SMILES string of the molecule is CC(=O)NC1CCN(Cc2ccccc2Cl)CC1CO. The molecule has 1 aliphatic rings. The molecule has 0 aromatic heterocycles. The summed E-state index contributed by atoms with van der Waals surface area (Å²) in [6, 6.07) is 7.89. The lowest BCUT2D eigenvalue weighted by atomic mass is 9.92. The number of halogens is 1. The van der Waals surface area contributed by atoms with Crippen LogP contribution in [0.2, 0.25) is 5.02 Å². The number of nitrogens with one attached hydrogen (secondary N) is 1. The molecule has 2 rings (SSSR count). The number of nitrogens with zero attached hydrogens (tertiary/aromatic N) is 1. The Kier molecular flexibility index (Phi) is 5.40. The maximum Gasteiger partial charge on any atom is 0.217 e. The van der Waals surface area contributed by atoms with E-state index in [0.717, 1.165) is 36.6 Å². The molecule has 1 aliphatic heterocycles. The molecular formula is C15H21ClN2O2. The van der Waals surface area contributed by atoms with Crippen molar-refractivity contribution in [2.24, 2.45) is 5.92 Å². The molecular weight excluding hydrogens is 276 g/mol. The third kappa shape index (κ3) is 3.95. The van der Waals surface area contributed by atoms with Crippen LogP contribution in [0.1, 0.15) is 18.9 Å². The average Bonchev–Trinajstić information content (AvgIpc) is 2.42. The van der Waals surface area contributed by atoms with Gasteiger partial charge in [0.2, 0.25) is 5.91 Å². The Morgan fingerprint density at radius 1 is 1.50 bits per heavy atom. The average molecular weight is 297 g/mol. The Labute approximate surface area is 124 Å². The van der Waals surface area contributed by atoms with E-state index in [1.807, 2.05) is 24.3 Å². The first-order valence-corrected chi connectivity index (χ1v) is 7.31. The van der Waals surface area contributed by atoms with E-state index in [1.165, 1.54) is 6.92 Å². The van der Waals surface area contributed by atoms with Crippen molar-refractivity contribution in [3.8, 4) is 0 Å².